The van der Waals surface area contributed by atoms with Crippen LogP contribution in [0.3, 0.4) is 0 Å². The number of carbonyl (C=O) groups excluding carboxylic acids is 1. The molecule has 0 fully saturated rings. The van der Waals surface area contributed by atoms with Crippen LogP contribution < -0.4 is 5.32 Å². The number of halogens is 2. The summed E-state index contributed by atoms with van der Waals surface area (Å²) in [6, 6.07) is 3.38. The van der Waals surface area contributed by atoms with Gasteiger partial charge >= 0.3 is 0 Å². The van der Waals surface area contributed by atoms with Crippen LogP contribution in [0.1, 0.15) is 12.5 Å². The van der Waals surface area contributed by atoms with Crippen molar-refractivity contribution in [3.05, 3.63) is 34.1 Å². The van der Waals surface area contributed by atoms with Gasteiger partial charge in [0.2, 0.25) is 5.91 Å². The van der Waals surface area contributed by atoms with Gasteiger partial charge in [-0.2, -0.15) is 0 Å². The van der Waals surface area contributed by atoms with Gasteiger partial charge in [-0.05, 0) is 17.7 Å². The Balaban J connectivity index is 2.60. The molecule has 0 aliphatic heterocycles. The van der Waals surface area contributed by atoms with Crippen molar-refractivity contribution in [3.63, 3.8) is 0 Å². The summed E-state index contributed by atoms with van der Waals surface area (Å²) in [6.07, 6.45) is 3.62. The molecule has 15 heavy (non-hydrogen) atoms. The molecule has 1 rings (SSSR count). The fraction of sp³-hybridized carbons (Fsp3) is 0.200. The molecule has 1 N–H and O–H groups in total. The lowest BCUT2D eigenvalue weighted by molar-refractivity contribution is -0.118. The number of pyridine rings is 1. The summed E-state index contributed by atoms with van der Waals surface area (Å²) >= 11 is 11.4. The Bertz CT molecular complexity index is 371. The van der Waals surface area contributed by atoms with E-state index in [-0.39, 0.29) is 5.91 Å². The third-order valence-electron chi connectivity index (χ3n) is 1.56. The lowest BCUT2D eigenvalue weighted by Crippen LogP contribution is -2.19. The summed E-state index contributed by atoms with van der Waals surface area (Å²) in [5.74, 6) is -0.0644. The van der Waals surface area contributed by atoms with Crippen molar-refractivity contribution in [2.24, 2.45) is 0 Å². The second-order valence-corrected chi connectivity index (χ2v) is 3.66. The van der Waals surface area contributed by atoms with Crippen molar-refractivity contribution >= 4 is 35.2 Å². The Morgan fingerprint density at radius 1 is 1.47 bits per heavy atom. The van der Waals surface area contributed by atoms with Gasteiger partial charge in [-0.15, -0.1) is 0 Å². The van der Waals surface area contributed by atoms with E-state index in [2.05, 4.69) is 10.3 Å². The van der Waals surface area contributed by atoms with E-state index in [0.29, 0.717) is 16.9 Å². The molecule has 0 unspecified atom stereocenters. The smallest absolute Gasteiger partial charge is 0.217 e. The number of aromatic nitrogens is 1. The molecule has 0 aromatic carbocycles. The highest BCUT2D eigenvalue weighted by Gasteiger charge is 1.95. The summed E-state index contributed by atoms with van der Waals surface area (Å²) < 4.78 is 0. The number of hydrogen-bond donors (Lipinski definition) is 1. The molecule has 0 bridgehead atoms. The quantitative estimate of drug-likeness (QED) is 0.831. The molecule has 1 aromatic heterocycles. The maximum atomic E-state index is 10.6. The van der Waals surface area contributed by atoms with Crippen LogP contribution in [0.5, 0.6) is 0 Å². The molecule has 0 atom stereocenters. The maximum Gasteiger partial charge on any atom is 0.217 e. The highest BCUT2D eigenvalue weighted by atomic mass is 35.5. The monoisotopic (exact) mass is 244 g/mol. The van der Waals surface area contributed by atoms with Gasteiger partial charge in [0.15, 0.2) is 0 Å². The molecule has 5 heteroatoms. The first-order valence-corrected chi connectivity index (χ1v) is 5.07. The first-order valence-electron chi connectivity index (χ1n) is 4.32. The van der Waals surface area contributed by atoms with Crippen molar-refractivity contribution in [2.75, 3.05) is 6.54 Å². The Morgan fingerprint density at radius 2 is 2.07 bits per heavy atom. The van der Waals surface area contributed by atoms with E-state index in [9.17, 15) is 4.79 Å². The third-order valence-corrected chi connectivity index (χ3v) is 1.95. The number of rotatable bonds is 3. The van der Waals surface area contributed by atoms with Crippen molar-refractivity contribution in [3.8, 4) is 0 Å². The fourth-order valence-corrected chi connectivity index (χ4v) is 1.45. The second kappa shape index (κ2) is 5.73. The average Bonchev–Trinajstić information content (AvgIpc) is 2.10. The van der Waals surface area contributed by atoms with E-state index in [4.69, 9.17) is 23.2 Å². The van der Waals surface area contributed by atoms with Crippen LogP contribution in [0.4, 0.5) is 0 Å². The third kappa shape index (κ3) is 4.81. The molecule has 0 saturated carbocycles. The molecular formula is C10H10Cl2N2O. The molecule has 0 spiro atoms. The van der Waals surface area contributed by atoms with Crippen molar-refractivity contribution in [2.45, 2.75) is 6.92 Å². The van der Waals surface area contributed by atoms with E-state index in [0.717, 1.165) is 5.56 Å². The fourth-order valence-electron chi connectivity index (χ4n) is 0.977. The van der Waals surface area contributed by atoms with Crippen LogP contribution in [0.15, 0.2) is 18.2 Å². The SMILES string of the molecule is CC(=O)NCC=Cc1cc(Cl)nc(Cl)c1. The second-order valence-electron chi connectivity index (χ2n) is 2.89. The molecular weight excluding hydrogens is 235 g/mol. The van der Waals surface area contributed by atoms with E-state index in [1.165, 1.54) is 6.92 Å². The van der Waals surface area contributed by atoms with Crippen LogP contribution in [-0.2, 0) is 4.79 Å². The predicted molar refractivity (Wildman–Crippen MR) is 62.0 cm³/mol. The topological polar surface area (TPSA) is 42.0 Å². The van der Waals surface area contributed by atoms with Gasteiger partial charge in [0.05, 0.1) is 0 Å². The molecule has 3 nitrogen and oxygen atoms in total. The van der Waals surface area contributed by atoms with Crippen molar-refractivity contribution < 1.29 is 4.79 Å². The Hall–Kier alpha value is -1.06. The number of nitrogens with zero attached hydrogens (tertiary/aromatic N) is 1. The van der Waals surface area contributed by atoms with Gasteiger partial charge in [0, 0.05) is 13.5 Å². The van der Waals surface area contributed by atoms with E-state index < -0.39 is 0 Å². The van der Waals surface area contributed by atoms with Gasteiger partial charge in [-0.1, -0.05) is 35.4 Å². The van der Waals surface area contributed by atoms with Gasteiger partial charge in [0.1, 0.15) is 10.3 Å². The molecule has 80 valence electrons. The molecule has 1 amide bonds. The van der Waals surface area contributed by atoms with E-state index in [1.807, 2.05) is 12.2 Å². The van der Waals surface area contributed by atoms with E-state index >= 15 is 0 Å². The van der Waals surface area contributed by atoms with Gasteiger partial charge in [-0.25, -0.2) is 4.98 Å². The normalized spacial score (nSPS) is 10.6. The van der Waals surface area contributed by atoms with Gasteiger partial charge in [-0.3, -0.25) is 4.79 Å². The minimum Gasteiger partial charge on any atom is -0.353 e. The molecule has 0 radical (unpaired) electrons. The summed E-state index contributed by atoms with van der Waals surface area (Å²) in [7, 11) is 0. The molecule has 1 heterocycles. The zero-order valence-corrected chi connectivity index (χ0v) is 9.64. The van der Waals surface area contributed by atoms with Crippen LogP contribution in [0.2, 0.25) is 10.3 Å². The maximum absolute atomic E-state index is 10.6. The zero-order chi connectivity index (χ0) is 11.3. The highest BCUT2D eigenvalue weighted by Crippen LogP contribution is 2.15. The van der Waals surface area contributed by atoms with Gasteiger partial charge in [0.25, 0.3) is 0 Å². The largest absolute Gasteiger partial charge is 0.353 e. The lowest BCUT2D eigenvalue weighted by Gasteiger charge is -1.97. The van der Waals surface area contributed by atoms with Crippen LogP contribution in [-0.4, -0.2) is 17.4 Å². The number of nitrogens with one attached hydrogen (secondary N) is 1. The molecule has 0 aliphatic carbocycles. The van der Waals surface area contributed by atoms with Crippen molar-refractivity contribution in [1.29, 1.82) is 0 Å². The first kappa shape index (κ1) is 12.0. The molecule has 0 aliphatic rings. The number of hydrogen-bond acceptors (Lipinski definition) is 2. The van der Waals surface area contributed by atoms with Crippen LogP contribution in [0.25, 0.3) is 6.08 Å². The first-order chi connectivity index (χ1) is 7.08. The minimum absolute atomic E-state index is 0.0644. The molecule has 0 saturated heterocycles. The van der Waals surface area contributed by atoms with Crippen LogP contribution in [0, 0.1) is 0 Å². The zero-order valence-electron chi connectivity index (χ0n) is 8.13. The van der Waals surface area contributed by atoms with Crippen LogP contribution >= 0.6 is 23.2 Å². The number of carbonyl (C=O) groups is 1. The summed E-state index contributed by atoms with van der Waals surface area (Å²) in [5.41, 5.74) is 0.852. The standard InChI is InChI=1S/C10H10Cl2N2O/c1-7(15)13-4-2-3-8-5-9(11)14-10(12)6-8/h2-3,5-6H,4H2,1H3,(H,13,15). The van der Waals surface area contributed by atoms with E-state index in [1.54, 1.807) is 12.1 Å². The molecule has 1 aromatic rings. The van der Waals surface area contributed by atoms with Crippen molar-refractivity contribution in [1.82, 2.24) is 10.3 Å². The summed E-state index contributed by atoms with van der Waals surface area (Å²) in [6.45, 7) is 1.95. The Kier molecular flexibility index (Phi) is 4.59. The lowest BCUT2D eigenvalue weighted by atomic mass is 10.2. The summed E-state index contributed by atoms with van der Waals surface area (Å²) in [4.78, 5) is 14.4. The minimum atomic E-state index is -0.0644. The Morgan fingerprint density at radius 3 is 2.60 bits per heavy atom. The average molecular weight is 245 g/mol. The highest BCUT2D eigenvalue weighted by molar-refractivity contribution is 6.32. The van der Waals surface area contributed by atoms with Gasteiger partial charge < -0.3 is 5.32 Å². The predicted octanol–water partition coefficient (Wildman–Crippen LogP) is 2.54. The number of amides is 1. The Labute approximate surface area is 98.1 Å². The summed E-state index contributed by atoms with van der Waals surface area (Å²) in [5, 5.41) is 3.34.